The number of nitrogens with one attached hydrogen (secondary N) is 1. The number of nitrogens with zero attached hydrogens (tertiary/aromatic N) is 2. The van der Waals surface area contributed by atoms with Crippen molar-refractivity contribution < 1.29 is 4.74 Å². The lowest BCUT2D eigenvalue weighted by atomic mass is 10.2. The summed E-state index contributed by atoms with van der Waals surface area (Å²) < 4.78 is 5.19. The fourth-order valence-corrected chi connectivity index (χ4v) is 2.74. The van der Waals surface area contributed by atoms with E-state index in [2.05, 4.69) is 15.2 Å². The van der Waals surface area contributed by atoms with E-state index < -0.39 is 0 Å². The van der Waals surface area contributed by atoms with Gasteiger partial charge in [-0.2, -0.15) is 0 Å². The first-order valence-electron chi connectivity index (χ1n) is 8.21. The molecule has 23 heavy (non-hydrogen) atoms. The number of hydrogen-bond donors (Lipinski definition) is 2. The van der Waals surface area contributed by atoms with Crippen molar-refractivity contribution in [1.82, 2.24) is 4.90 Å². The largest absolute Gasteiger partial charge is 0.497 e. The van der Waals surface area contributed by atoms with Crippen molar-refractivity contribution in [2.75, 3.05) is 38.6 Å². The van der Waals surface area contributed by atoms with E-state index in [1.807, 2.05) is 24.3 Å². The maximum Gasteiger partial charge on any atom is 0.193 e. The van der Waals surface area contributed by atoms with Crippen LogP contribution < -0.4 is 15.8 Å². The van der Waals surface area contributed by atoms with Crippen LogP contribution in [0.2, 0.25) is 0 Å². The second kappa shape index (κ2) is 11.5. The van der Waals surface area contributed by atoms with Crippen molar-refractivity contribution in [1.29, 1.82) is 0 Å². The van der Waals surface area contributed by atoms with Crippen molar-refractivity contribution in [2.24, 2.45) is 10.7 Å². The number of benzene rings is 1. The van der Waals surface area contributed by atoms with Crippen molar-refractivity contribution in [3.05, 3.63) is 24.3 Å². The minimum atomic E-state index is 0. The Morgan fingerprint density at radius 3 is 2.70 bits per heavy atom. The molecule has 1 aromatic carbocycles. The molecule has 1 fully saturated rings. The van der Waals surface area contributed by atoms with Gasteiger partial charge in [0.25, 0.3) is 0 Å². The van der Waals surface area contributed by atoms with E-state index >= 15 is 0 Å². The van der Waals surface area contributed by atoms with Crippen molar-refractivity contribution in [3.63, 3.8) is 0 Å². The third kappa shape index (κ3) is 7.87. The van der Waals surface area contributed by atoms with E-state index in [1.165, 1.54) is 38.8 Å². The van der Waals surface area contributed by atoms with Crippen LogP contribution in [0.25, 0.3) is 0 Å². The van der Waals surface area contributed by atoms with Gasteiger partial charge in [-0.25, -0.2) is 0 Å². The standard InChI is InChI=1S/C17H28N4O.HI/c1-22-16-9-6-8-15(14-16)20-17(18)19-10-7-13-21-11-4-2-3-5-12-21;/h6,8-9,14H,2-5,7,10-13H2,1H3,(H3,18,19,20);1H. The lowest BCUT2D eigenvalue weighted by Crippen LogP contribution is -2.27. The summed E-state index contributed by atoms with van der Waals surface area (Å²) in [4.78, 5) is 6.95. The van der Waals surface area contributed by atoms with Crippen LogP contribution in [0, 0.1) is 0 Å². The molecule has 0 unspecified atom stereocenters. The summed E-state index contributed by atoms with van der Waals surface area (Å²) in [5.74, 6) is 1.27. The van der Waals surface area contributed by atoms with Gasteiger partial charge in [-0.1, -0.05) is 18.9 Å². The van der Waals surface area contributed by atoms with Crippen LogP contribution in [0.5, 0.6) is 5.75 Å². The van der Waals surface area contributed by atoms with Gasteiger partial charge in [0.1, 0.15) is 5.75 Å². The molecule has 1 saturated heterocycles. The van der Waals surface area contributed by atoms with Gasteiger partial charge in [0.2, 0.25) is 0 Å². The monoisotopic (exact) mass is 432 g/mol. The molecule has 0 aromatic heterocycles. The van der Waals surface area contributed by atoms with E-state index in [0.29, 0.717) is 5.96 Å². The minimum absolute atomic E-state index is 0. The molecule has 6 heteroatoms. The molecule has 1 aromatic rings. The average molecular weight is 432 g/mol. The first kappa shape index (κ1) is 20.0. The number of nitrogens with two attached hydrogens (primary N) is 1. The fourth-order valence-electron chi connectivity index (χ4n) is 2.74. The van der Waals surface area contributed by atoms with E-state index in [1.54, 1.807) is 7.11 Å². The maximum absolute atomic E-state index is 5.93. The van der Waals surface area contributed by atoms with Gasteiger partial charge in [-0.15, -0.1) is 24.0 Å². The summed E-state index contributed by atoms with van der Waals surface area (Å²) in [6.07, 6.45) is 6.49. The number of rotatable bonds is 6. The van der Waals surface area contributed by atoms with Gasteiger partial charge in [-0.3, -0.25) is 4.99 Å². The van der Waals surface area contributed by atoms with Crippen LogP contribution in [0.3, 0.4) is 0 Å². The number of guanidine groups is 1. The molecular formula is C17H29IN4O. The highest BCUT2D eigenvalue weighted by atomic mass is 127. The van der Waals surface area contributed by atoms with Crippen molar-refractivity contribution in [2.45, 2.75) is 32.1 Å². The van der Waals surface area contributed by atoms with E-state index in [0.717, 1.165) is 30.9 Å². The highest BCUT2D eigenvalue weighted by Crippen LogP contribution is 2.16. The molecule has 0 atom stereocenters. The summed E-state index contributed by atoms with van der Waals surface area (Å²) in [6, 6.07) is 7.68. The van der Waals surface area contributed by atoms with Crippen molar-refractivity contribution >= 4 is 35.6 Å². The number of methoxy groups -OCH3 is 1. The molecule has 0 bridgehead atoms. The molecule has 3 N–H and O–H groups in total. The number of anilines is 1. The number of ether oxygens (including phenoxy) is 1. The fraction of sp³-hybridized carbons (Fsp3) is 0.588. The Labute approximate surface area is 156 Å². The quantitative estimate of drug-likeness (QED) is 0.314. The van der Waals surface area contributed by atoms with Crippen LogP contribution in [0.1, 0.15) is 32.1 Å². The second-order valence-electron chi connectivity index (χ2n) is 5.73. The zero-order chi connectivity index (χ0) is 15.6. The van der Waals surface area contributed by atoms with Crippen molar-refractivity contribution in [3.8, 4) is 5.75 Å². The normalized spacial score (nSPS) is 16.3. The Bertz CT molecular complexity index is 473. The molecule has 0 saturated carbocycles. The zero-order valence-corrected chi connectivity index (χ0v) is 16.3. The molecule has 5 nitrogen and oxygen atoms in total. The van der Waals surface area contributed by atoms with Gasteiger partial charge in [0, 0.05) is 18.3 Å². The van der Waals surface area contributed by atoms with E-state index in [4.69, 9.17) is 10.5 Å². The summed E-state index contributed by atoms with van der Waals surface area (Å²) in [7, 11) is 1.65. The average Bonchev–Trinajstić information content (AvgIpc) is 2.80. The first-order chi connectivity index (χ1) is 10.8. The van der Waals surface area contributed by atoms with Gasteiger partial charge in [0.05, 0.1) is 7.11 Å². The Morgan fingerprint density at radius 2 is 2.00 bits per heavy atom. The summed E-state index contributed by atoms with van der Waals surface area (Å²) in [6.45, 7) is 4.36. The van der Waals surface area contributed by atoms with Crippen LogP contribution in [-0.4, -0.2) is 44.1 Å². The topological polar surface area (TPSA) is 62.9 Å². The smallest absolute Gasteiger partial charge is 0.193 e. The van der Waals surface area contributed by atoms with Crippen LogP contribution in [-0.2, 0) is 0 Å². The SMILES string of the molecule is COc1cccc(NC(N)=NCCCN2CCCCCC2)c1.I. The molecule has 0 amide bonds. The molecule has 2 rings (SSSR count). The first-order valence-corrected chi connectivity index (χ1v) is 8.21. The molecular weight excluding hydrogens is 403 g/mol. The Hall–Kier alpha value is -1.02. The highest BCUT2D eigenvalue weighted by molar-refractivity contribution is 14.0. The number of aliphatic imine (C=N–C) groups is 1. The van der Waals surface area contributed by atoms with Gasteiger partial charge in [0.15, 0.2) is 5.96 Å². The molecule has 0 aliphatic carbocycles. The Balaban J connectivity index is 0.00000264. The number of halogens is 1. The predicted octanol–water partition coefficient (Wildman–Crippen LogP) is 3.31. The molecule has 1 heterocycles. The molecule has 1 aliphatic heterocycles. The summed E-state index contributed by atoms with van der Waals surface area (Å²) in [5, 5.41) is 3.10. The molecule has 0 spiro atoms. The molecule has 1 aliphatic rings. The van der Waals surface area contributed by atoms with Gasteiger partial charge >= 0.3 is 0 Å². The Morgan fingerprint density at radius 1 is 1.26 bits per heavy atom. The maximum atomic E-state index is 5.93. The van der Waals surface area contributed by atoms with Crippen LogP contribution >= 0.6 is 24.0 Å². The molecule has 0 radical (unpaired) electrons. The lowest BCUT2D eigenvalue weighted by molar-refractivity contribution is 0.283. The van der Waals surface area contributed by atoms with E-state index in [-0.39, 0.29) is 24.0 Å². The minimum Gasteiger partial charge on any atom is -0.497 e. The number of hydrogen-bond acceptors (Lipinski definition) is 3. The van der Waals surface area contributed by atoms with Gasteiger partial charge < -0.3 is 20.7 Å². The Kier molecular flexibility index (Phi) is 10.0. The van der Waals surface area contributed by atoms with Crippen LogP contribution in [0.4, 0.5) is 5.69 Å². The third-order valence-electron chi connectivity index (χ3n) is 3.96. The summed E-state index contributed by atoms with van der Waals surface area (Å²) in [5.41, 5.74) is 6.82. The highest BCUT2D eigenvalue weighted by Gasteiger charge is 2.07. The lowest BCUT2D eigenvalue weighted by Gasteiger charge is -2.18. The predicted molar refractivity (Wildman–Crippen MR) is 108 cm³/mol. The van der Waals surface area contributed by atoms with Crippen LogP contribution in [0.15, 0.2) is 29.3 Å². The third-order valence-corrected chi connectivity index (χ3v) is 3.96. The number of likely N-dealkylation sites (tertiary alicyclic amines) is 1. The zero-order valence-electron chi connectivity index (χ0n) is 14.0. The van der Waals surface area contributed by atoms with Gasteiger partial charge in [-0.05, 0) is 51.0 Å². The summed E-state index contributed by atoms with van der Waals surface area (Å²) >= 11 is 0. The second-order valence-corrected chi connectivity index (χ2v) is 5.73. The van der Waals surface area contributed by atoms with E-state index in [9.17, 15) is 0 Å². The molecule has 130 valence electrons.